The summed E-state index contributed by atoms with van der Waals surface area (Å²) in [6.07, 6.45) is 0.631. The Balaban J connectivity index is 2.46. The third-order valence-electron chi connectivity index (χ3n) is 2.91. The molecule has 6 heteroatoms. The number of carbonyl (C=O) groups excluding carboxylic acids is 1. The molecule has 108 valence electrons. The Morgan fingerprint density at radius 2 is 1.95 bits per heavy atom. The normalized spacial score (nSPS) is 10.2. The van der Waals surface area contributed by atoms with Crippen LogP contribution in [0.3, 0.4) is 0 Å². The zero-order chi connectivity index (χ0) is 15.6. The summed E-state index contributed by atoms with van der Waals surface area (Å²) in [6, 6.07) is 7.74. The van der Waals surface area contributed by atoms with Crippen molar-refractivity contribution in [1.29, 1.82) is 0 Å². The summed E-state index contributed by atoms with van der Waals surface area (Å²) in [7, 11) is 0. The number of aryl methyl sites for hydroxylation is 2. The predicted octanol–water partition coefficient (Wildman–Crippen LogP) is 4.47. The van der Waals surface area contributed by atoms with Crippen LogP contribution in [0.5, 0.6) is 11.5 Å². The molecule has 0 spiro atoms. The van der Waals surface area contributed by atoms with E-state index in [-0.39, 0.29) is 16.5 Å². The van der Waals surface area contributed by atoms with E-state index < -0.39 is 4.92 Å². The molecule has 0 amide bonds. The van der Waals surface area contributed by atoms with Gasteiger partial charge in [0.2, 0.25) is 5.75 Å². The summed E-state index contributed by atoms with van der Waals surface area (Å²) in [4.78, 5) is 21.4. The van der Waals surface area contributed by atoms with Crippen molar-refractivity contribution in [2.24, 2.45) is 0 Å². The van der Waals surface area contributed by atoms with Gasteiger partial charge < -0.3 is 4.74 Å². The maximum absolute atomic E-state index is 11.1. The molecule has 0 saturated heterocycles. The minimum absolute atomic E-state index is 0.108. The predicted molar refractivity (Wildman–Crippen MR) is 79.5 cm³/mol. The molecule has 0 unspecified atom stereocenters. The highest BCUT2D eigenvalue weighted by Gasteiger charge is 2.19. The van der Waals surface area contributed by atoms with Gasteiger partial charge >= 0.3 is 5.69 Å². The van der Waals surface area contributed by atoms with Gasteiger partial charge in [-0.1, -0.05) is 17.7 Å². The third-order valence-corrected chi connectivity index (χ3v) is 3.24. The van der Waals surface area contributed by atoms with Crippen LogP contribution in [0.15, 0.2) is 30.3 Å². The van der Waals surface area contributed by atoms with Gasteiger partial charge in [0.25, 0.3) is 0 Å². The Morgan fingerprint density at radius 1 is 1.24 bits per heavy atom. The number of benzene rings is 2. The van der Waals surface area contributed by atoms with E-state index in [0.29, 0.717) is 23.2 Å². The smallest absolute Gasteiger partial charge is 0.312 e. The number of hydrogen-bond acceptors (Lipinski definition) is 4. The largest absolute Gasteiger partial charge is 0.450 e. The fourth-order valence-electron chi connectivity index (χ4n) is 1.99. The first-order valence-electron chi connectivity index (χ1n) is 6.10. The molecule has 2 aromatic rings. The molecule has 0 aromatic heterocycles. The van der Waals surface area contributed by atoms with Gasteiger partial charge in [-0.25, -0.2) is 0 Å². The molecule has 5 nitrogen and oxygen atoms in total. The summed E-state index contributed by atoms with van der Waals surface area (Å²) >= 11 is 5.92. The molecular weight excluding hydrogens is 294 g/mol. The Bertz CT molecular complexity index is 728. The molecule has 0 bridgehead atoms. The minimum Gasteiger partial charge on any atom is -0.450 e. The topological polar surface area (TPSA) is 69.4 Å². The summed E-state index contributed by atoms with van der Waals surface area (Å²) in [5, 5.41) is 11.4. The third kappa shape index (κ3) is 3.20. The van der Waals surface area contributed by atoms with E-state index in [2.05, 4.69) is 0 Å². The Kier molecular flexibility index (Phi) is 4.23. The van der Waals surface area contributed by atoms with Crippen LogP contribution in [-0.2, 0) is 0 Å². The number of ether oxygens (including phenoxy) is 1. The Hall–Kier alpha value is -2.40. The highest BCUT2D eigenvalue weighted by atomic mass is 35.5. The van der Waals surface area contributed by atoms with Crippen LogP contribution in [0.2, 0.25) is 5.02 Å². The molecular formula is C15H12ClNO4. The maximum Gasteiger partial charge on any atom is 0.312 e. The van der Waals surface area contributed by atoms with Crippen molar-refractivity contribution in [2.75, 3.05) is 0 Å². The van der Waals surface area contributed by atoms with Crippen LogP contribution < -0.4 is 4.74 Å². The molecule has 21 heavy (non-hydrogen) atoms. The lowest BCUT2D eigenvalue weighted by molar-refractivity contribution is -0.385. The van der Waals surface area contributed by atoms with Crippen molar-refractivity contribution in [2.45, 2.75) is 13.8 Å². The SMILES string of the molecule is Cc1cc(C)c(Oc2ccc(C=O)c(Cl)c2)c([N+](=O)[O-])c1. The standard InChI is InChI=1S/C15H12ClNO4/c1-9-5-10(2)15(14(6-9)17(19)20)21-12-4-3-11(8-18)13(16)7-12/h3-8H,1-2H3. The fourth-order valence-corrected chi connectivity index (χ4v) is 2.20. The molecule has 0 saturated carbocycles. The first-order chi connectivity index (χ1) is 9.92. The first kappa shape index (κ1) is 15.0. The number of rotatable bonds is 4. The van der Waals surface area contributed by atoms with Crippen LogP contribution in [0.25, 0.3) is 0 Å². The summed E-state index contributed by atoms with van der Waals surface area (Å²) < 4.78 is 5.59. The number of nitro benzene ring substituents is 1. The van der Waals surface area contributed by atoms with Crippen molar-refractivity contribution in [3.63, 3.8) is 0 Å². The summed E-state index contributed by atoms with van der Waals surface area (Å²) in [5.74, 6) is 0.501. The molecule has 0 radical (unpaired) electrons. The van der Waals surface area contributed by atoms with Gasteiger partial charge in [-0.15, -0.1) is 0 Å². The van der Waals surface area contributed by atoms with E-state index >= 15 is 0 Å². The first-order valence-corrected chi connectivity index (χ1v) is 6.48. The summed E-state index contributed by atoms with van der Waals surface area (Å²) in [5.41, 5.74) is 1.65. The zero-order valence-corrected chi connectivity index (χ0v) is 12.2. The van der Waals surface area contributed by atoms with Gasteiger partial charge in [-0.2, -0.15) is 0 Å². The van der Waals surface area contributed by atoms with Crippen LogP contribution in [0, 0.1) is 24.0 Å². The number of nitrogens with zero attached hydrogens (tertiary/aromatic N) is 1. The van der Waals surface area contributed by atoms with Gasteiger partial charge in [-0.05, 0) is 37.1 Å². The zero-order valence-electron chi connectivity index (χ0n) is 11.4. The monoisotopic (exact) mass is 305 g/mol. The molecule has 2 aromatic carbocycles. The van der Waals surface area contributed by atoms with Crippen molar-refractivity contribution in [1.82, 2.24) is 0 Å². The number of aldehydes is 1. The average molecular weight is 306 g/mol. The van der Waals surface area contributed by atoms with E-state index in [4.69, 9.17) is 16.3 Å². The van der Waals surface area contributed by atoms with Crippen molar-refractivity contribution in [3.05, 3.63) is 62.2 Å². The van der Waals surface area contributed by atoms with E-state index in [1.807, 2.05) is 0 Å². The van der Waals surface area contributed by atoms with Gasteiger partial charge in [0.15, 0.2) is 6.29 Å². The highest BCUT2D eigenvalue weighted by Crippen LogP contribution is 2.36. The lowest BCUT2D eigenvalue weighted by Gasteiger charge is -2.10. The molecule has 0 fully saturated rings. The fraction of sp³-hybridized carbons (Fsp3) is 0.133. The molecule has 0 aliphatic carbocycles. The van der Waals surface area contributed by atoms with Gasteiger partial charge in [0.1, 0.15) is 5.75 Å². The van der Waals surface area contributed by atoms with E-state index in [9.17, 15) is 14.9 Å². The maximum atomic E-state index is 11.1. The van der Waals surface area contributed by atoms with Gasteiger partial charge in [0, 0.05) is 17.7 Å². The second-order valence-corrected chi connectivity index (χ2v) is 5.00. The summed E-state index contributed by atoms with van der Waals surface area (Å²) in [6.45, 7) is 3.51. The Labute approximate surface area is 126 Å². The number of nitro groups is 1. The highest BCUT2D eigenvalue weighted by molar-refractivity contribution is 6.33. The van der Waals surface area contributed by atoms with Gasteiger partial charge in [0.05, 0.1) is 9.95 Å². The number of halogens is 1. The van der Waals surface area contributed by atoms with E-state index in [1.54, 1.807) is 26.0 Å². The van der Waals surface area contributed by atoms with Gasteiger partial charge in [-0.3, -0.25) is 14.9 Å². The quantitative estimate of drug-likeness (QED) is 0.475. The second kappa shape index (κ2) is 5.93. The number of hydrogen-bond donors (Lipinski definition) is 0. The van der Waals surface area contributed by atoms with Crippen molar-refractivity contribution in [3.8, 4) is 11.5 Å². The van der Waals surface area contributed by atoms with E-state index in [1.165, 1.54) is 18.2 Å². The molecule has 0 atom stereocenters. The Morgan fingerprint density at radius 3 is 2.52 bits per heavy atom. The van der Waals surface area contributed by atoms with Crippen LogP contribution in [0.4, 0.5) is 5.69 Å². The van der Waals surface area contributed by atoms with Crippen molar-refractivity contribution < 1.29 is 14.5 Å². The lowest BCUT2D eigenvalue weighted by Crippen LogP contribution is -1.97. The minimum atomic E-state index is -0.489. The molecule has 2 rings (SSSR count). The van der Waals surface area contributed by atoms with Crippen LogP contribution in [0.1, 0.15) is 21.5 Å². The lowest BCUT2D eigenvalue weighted by atomic mass is 10.1. The molecule has 0 N–H and O–H groups in total. The van der Waals surface area contributed by atoms with Crippen molar-refractivity contribution >= 4 is 23.6 Å². The molecule has 0 aliphatic heterocycles. The van der Waals surface area contributed by atoms with Crippen LogP contribution in [-0.4, -0.2) is 11.2 Å². The number of carbonyl (C=O) groups is 1. The molecule has 0 aliphatic rings. The second-order valence-electron chi connectivity index (χ2n) is 4.59. The van der Waals surface area contributed by atoms with Crippen LogP contribution >= 0.6 is 11.6 Å². The molecule has 0 heterocycles. The average Bonchev–Trinajstić information content (AvgIpc) is 2.41. The van der Waals surface area contributed by atoms with E-state index in [0.717, 1.165) is 5.56 Å².